The van der Waals surface area contributed by atoms with Crippen LogP contribution in [0.3, 0.4) is 0 Å². The monoisotopic (exact) mass is 406 g/mol. The van der Waals surface area contributed by atoms with Gasteiger partial charge in [0.05, 0.1) is 9.90 Å². The Kier molecular flexibility index (Phi) is 5.72. The minimum Gasteiger partial charge on any atom is -0.485 e. The Labute approximate surface area is 146 Å². The molecule has 2 nitrogen and oxygen atoms in total. The van der Waals surface area contributed by atoms with Crippen LogP contribution in [0.1, 0.15) is 35.7 Å². The van der Waals surface area contributed by atoms with Gasteiger partial charge in [0, 0.05) is 4.47 Å². The summed E-state index contributed by atoms with van der Waals surface area (Å²) in [5.74, 6) is 0.826. The minimum atomic E-state index is -0.180. The molecule has 0 aliphatic carbocycles. The van der Waals surface area contributed by atoms with E-state index in [1.807, 2.05) is 18.2 Å². The summed E-state index contributed by atoms with van der Waals surface area (Å²) in [6.45, 7) is 4.09. The van der Waals surface area contributed by atoms with Gasteiger partial charge in [-0.25, -0.2) is 0 Å². The lowest BCUT2D eigenvalue weighted by molar-refractivity contribution is 0.0921. The summed E-state index contributed by atoms with van der Waals surface area (Å²) < 4.78 is 7.54. The molecular formula is C15H13BrCl2O2S. The maximum atomic E-state index is 12.1. The van der Waals surface area contributed by atoms with Crippen molar-refractivity contribution in [2.75, 3.05) is 6.61 Å². The first-order valence-electron chi connectivity index (χ1n) is 6.28. The molecule has 1 aromatic heterocycles. The van der Waals surface area contributed by atoms with Crippen LogP contribution in [0.5, 0.6) is 5.75 Å². The van der Waals surface area contributed by atoms with E-state index in [-0.39, 0.29) is 12.4 Å². The number of carbonyl (C=O) groups excluding carboxylic acids is 1. The Morgan fingerprint density at radius 1 is 1.33 bits per heavy atom. The summed E-state index contributed by atoms with van der Waals surface area (Å²) in [4.78, 5) is 12.1. The topological polar surface area (TPSA) is 26.3 Å². The quantitative estimate of drug-likeness (QED) is 0.551. The molecule has 0 N–H and O–H groups in total. The zero-order chi connectivity index (χ0) is 15.6. The number of ketones is 1. The highest BCUT2D eigenvalue weighted by Gasteiger charge is 2.16. The summed E-state index contributed by atoms with van der Waals surface area (Å²) in [6.07, 6.45) is 0. The molecule has 0 radical (unpaired) electrons. The lowest BCUT2D eigenvalue weighted by Crippen LogP contribution is -2.12. The molecule has 0 saturated heterocycles. The van der Waals surface area contributed by atoms with E-state index in [9.17, 15) is 4.79 Å². The van der Waals surface area contributed by atoms with E-state index in [0.717, 1.165) is 10.0 Å². The Balaban J connectivity index is 2.13. The van der Waals surface area contributed by atoms with Gasteiger partial charge in [0.15, 0.2) is 6.61 Å². The molecule has 0 bridgehead atoms. The number of thiophene rings is 1. The third-order valence-electron chi connectivity index (χ3n) is 2.91. The second-order valence-corrected chi connectivity index (χ2v) is 7.99. The second-order valence-electron chi connectivity index (χ2n) is 4.79. The number of Topliss-reactive ketones (excluding diaryl/α,β-unsaturated/α-hetero) is 1. The Hall–Kier alpha value is -0.550. The molecule has 0 fully saturated rings. The van der Waals surface area contributed by atoms with Gasteiger partial charge in [-0.3, -0.25) is 4.79 Å². The smallest absolute Gasteiger partial charge is 0.202 e. The largest absolute Gasteiger partial charge is 0.485 e. The molecule has 2 aromatic rings. The normalized spacial score (nSPS) is 11.0. The molecule has 0 aliphatic rings. The zero-order valence-corrected chi connectivity index (χ0v) is 15.4. The van der Waals surface area contributed by atoms with Crippen molar-refractivity contribution in [3.8, 4) is 5.75 Å². The summed E-state index contributed by atoms with van der Waals surface area (Å²) in [5.41, 5.74) is 1.46. The Morgan fingerprint density at radius 3 is 2.62 bits per heavy atom. The van der Waals surface area contributed by atoms with Crippen LogP contribution in [0, 0.1) is 0 Å². The number of benzene rings is 1. The van der Waals surface area contributed by atoms with Gasteiger partial charge in [-0.05, 0) is 35.7 Å². The SMILES string of the molecule is CC(C)c1cc(Br)ccc1OCC(=O)c1cc(Cl)sc1Cl. The molecule has 6 heteroatoms. The van der Waals surface area contributed by atoms with E-state index in [0.29, 0.717) is 25.9 Å². The number of halogens is 3. The molecule has 0 saturated carbocycles. The first-order chi connectivity index (χ1) is 9.88. The van der Waals surface area contributed by atoms with Crippen molar-refractivity contribution < 1.29 is 9.53 Å². The van der Waals surface area contributed by atoms with Crippen LogP contribution in [0.2, 0.25) is 8.67 Å². The predicted molar refractivity (Wildman–Crippen MR) is 92.4 cm³/mol. The molecule has 0 atom stereocenters. The molecule has 112 valence electrons. The summed E-state index contributed by atoms with van der Waals surface area (Å²) in [7, 11) is 0. The van der Waals surface area contributed by atoms with Crippen LogP contribution in [0.4, 0.5) is 0 Å². The molecule has 1 aromatic carbocycles. The highest BCUT2D eigenvalue weighted by Crippen LogP contribution is 2.32. The van der Waals surface area contributed by atoms with Gasteiger partial charge in [-0.15, -0.1) is 11.3 Å². The standard InChI is InChI=1S/C15H13BrCl2O2S/c1-8(2)10-5-9(16)3-4-13(10)20-7-12(19)11-6-14(17)21-15(11)18/h3-6,8H,7H2,1-2H3. The summed E-state index contributed by atoms with van der Waals surface area (Å²) in [6, 6.07) is 7.32. The summed E-state index contributed by atoms with van der Waals surface area (Å²) in [5, 5.41) is 0. The van der Waals surface area contributed by atoms with Gasteiger partial charge in [0.2, 0.25) is 5.78 Å². The van der Waals surface area contributed by atoms with E-state index in [1.54, 1.807) is 6.07 Å². The average molecular weight is 408 g/mol. The van der Waals surface area contributed by atoms with Gasteiger partial charge < -0.3 is 4.74 Å². The number of carbonyl (C=O) groups is 1. The van der Waals surface area contributed by atoms with Gasteiger partial charge in [0.25, 0.3) is 0 Å². The van der Waals surface area contributed by atoms with Crippen molar-refractivity contribution in [3.05, 3.63) is 48.5 Å². The van der Waals surface area contributed by atoms with Crippen molar-refractivity contribution in [1.82, 2.24) is 0 Å². The van der Waals surface area contributed by atoms with Crippen molar-refractivity contribution >= 4 is 56.3 Å². The van der Waals surface area contributed by atoms with E-state index in [4.69, 9.17) is 27.9 Å². The van der Waals surface area contributed by atoms with Crippen molar-refractivity contribution in [2.45, 2.75) is 19.8 Å². The van der Waals surface area contributed by atoms with Crippen LogP contribution in [0.15, 0.2) is 28.7 Å². The third kappa shape index (κ3) is 4.22. The third-order valence-corrected chi connectivity index (χ3v) is 4.89. The highest BCUT2D eigenvalue weighted by atomic mass is 79.9. The van der Waals surface area contributed by atoms with E-state index in [1.165, 1.54) is 11.3 Å². The van der Waals surface area contributed by atoms with Crippen LogP contribution in [-0.4, -0.2) is 12.4 Å². The van der Waals surface area contributed by atoms with Gasteiger partial charge in [-0.1, -0.05) is 53.0 Å². The fourth-order valence-corrected chi connectivity index (χ4v) is 3.73. The molecule has 0 spiro atoms. The lowest BCUT2D eigenvalue weighted by atomic mass is 10.0. The molecule has 21 heavy (non-hydrogen) atoms. The van der Waals surface area contributed by atoms with Gasteiger partial charge in [-0.2, -0.15) is 0 Å². The van der Waals surface area contributed by atoms with E-state index in [2.05, 4.69) is 29.8 Å². The molecule has 0 aliphatic heterocycles. The molecule has 2 rings (SSSR count). The number of hydrogen-bond acceptors (Lipinski definition) is 3. The fraction of sp³-hybridized carbons (Fsp3) is 0.267. The number of rotatable bonds is 5. The van der Waals surface area contributed by atoms with Crippen LogP contribution >= 0.6 is 50.5 Å². The molecule has 0 unspecified atom stereocenters. The fourth-order valence-electron chi connectivity index (χ4n) is 1.85. The predicted octanol–water partition coefficient (Wildman–Crippen LogP) is 6.20. The molecular weight excluding hydrogens is 395 g/mol. The Morgan fingerprint density at radius 2 is 2.05 bits per heavy atom. The van der Waals surface area contributed by atoms with E-state index < -0.39 is 0 Å². The van der Waals surface area contributed by atoms with Crippen molar-refractivity contribution in [2.24, 2.45) is 0 Å². The maximum absolute atomic E-state index is 12.1. The van der Waals surface area contributed by atoms with Gasteiger partial charge >= 0.3 is 0 Å². The van der Waals surface area contributed by atoms with Gasteiger partial charge in [0.1, 0.15) is 10.1 Å². The van der Waals surface area contributed by atoms with E-state index >= 15 is 0 Å². The minimum absolute atomic E-state index is 0.0614. The average Bonchev–Trinajstić information content (AvgIpc) is 2.75. The second kappa shape index (κ2) is 7.14. The maximum Gasteiger partial charge on any atom is 0.202 e. The van der Waals surface area contributed by atoms with Crippen molar-refractivity contribution in [3.63, 3.8) is 0 Å². The highest BCUT2D eigenvalue weighted by molar-refractivity contribution is 9.10. The number of hydrogen-bond donors (Lipinski definition) is 0. The molecule has 0 amide bonds. The summed E-state index contributed by atoms with van der Waals surface area (Å²) >= 11 is 16.4. The Bertz CT molecular complexity index is 668. The first kappa shape index (κ1) is 16.8. The lowest BCUT2D eigenvalue weighted by Gasteiger charge is -2.14. The first-order valence-corrected chi connectivity index (χ1v) is 8.65. The zero-order valence-electron chi connectivity index (χ0n) is 11.5. The van der Waals surface area contributed by atoms with Crippen molar-refractivity contribution in [1.29, 1.82) is 0 Å². The van der Waals surface area contributed by atoms with Crippen LogP contribution in [-0.2, 0) is 0 Å². The number of ether oxygens (including phenoxy) is 1. The van der Waals surface area contributed by atoms with Crippen LogP contribution < -0.4 is 4.74 Å². The van der Waals surface area contributed by atoms with Crippen LogP contribution in [0.25, 0.3) is 0 Å². The molecule has 1 heterocycles.